The third kappa shape index (κ3) is 3.51. The second-order valence-corrected chi connectivity index (χ2v) is 5.32. The van der Waals surface area contributed by atoms with E-state index in [0.717, 1.165) is 12.8 Å². The number of aromatic nitrogens is 1. The summed E-state index contributed by atoms with van der Waals surface area (Å²) < 4.78 is 0. The number of carboxylic acids is 1. The largest absolute Gasteiger partial charge is 0.478 e. The van der Waals surface area contributed by atoms with Crippen molar-refractivity contribution < 1.29 is 9.90 Å². The quantitative estimate of drug-likeness (QED) is 0.573. The lowest BCUT2D eigenvalue weighted by Crippen LogP contribution is -2.38. The average Bonchev–Trinajstić information content (AvgIpc) is 2.87. The van der Waals surface area contributed by atoms with Gasteiger partial charge >= 0.3 is 5.97 Å². The number of carbonyl (C=O) groups is 1. The molecule has 8 heteroatoms. The second-order valence-electron chi connectivity index (χ2n) is 5.32. The van der Waals surface area contributed by atoms with E-state index < -0.39 is 5.97 Å². The molecule has 1 aromatic rings. The number of nitriles is 1. The van der Waals surface area contributed by atoms with Crippen LogP contribution in [0.5, 0.6) is 0 Å². The van der Waals surface area contributed by atoms with Gasteiger partial charge in [0.2, 0.25) is 0 Å². The lowest BCUT2D eigenvalue weighted by molar-refractivity contribution is 0.0697. The first-order valence-corrected chi connectivity index (χ1v) is 7.10. The Hall–Kier alpha value is -2.21. The van der Waals surface area contributed by atoms with Crippen LogP contribution in [0, 0.1) is 17.2 Å². The van der Waals surface area contributed by atoms with Crippen LogP contribution in [-0.4, -0.2) is 41.9 Å². The molecule has 1 aromatic heterocycles. The highest BCUT2D eigenvalue weighted by Gasteiger charge is 2.33. The number of carboxylic acid groups (broad SMARTS) is 1. The minimum absolute atomic E-state index is 0.00363. The summed E-state index contributed by atoms with van der Waals surface area (Å²) in [5, 5.41) is 18.3. The Morgan fingerprint density at radius 2 is 2.36 bits per heavy atom. The summed E-state index contributed by atoms with van der Waals surface area (Å²) in [5.74, 6) is -0.817. The Labute approximate surface area is 128 Å². The molecule has 0 aromatic carbocycles. The monoisotopic (exact) mass is 304 g/mol. The molecule has 1 aliphatic heterocycles. The molecule has 1 saturated heterocycles. The molecule has 3 atom stereocenters. The van der Waals surface area contributed by atoms with Crippen LogP contribution in [0.25, 0.3) is 0 Å². The molecule has 0 aliphatic carbocycles. The topological polar surface area (TPSA) is 127 Å². The molecule has 2 rings (SSSR count). The van der Waals surface area contributed by atoms with Gasteiger partial charge in [-0.1, -0.05) is 0 Å². The van der Waals surface area contributed by atoms with Crippen molar-refractivity contribution in [3.63, 3.8) is 0 Å². The molecule has 3 unspecified atom stereocenters. The maximum Gasteiger partial charge on any atom is 0.339 e. The van der Waals surface area contributed by atoms with Crippen LogP contribution in [0.3, 0.4) is 0 Å². The molecule has 8 nitrogen and oxygen atoms in total. The highest BCUT2D eigenvalue weighted by Crippen LogP contribution is 2.18. The van der Waals surface area contributed by atoms with Crippen LogP contribution in [0.2, 0.25) is 0 Å². The number of pyridine rings is 1. The van der Waals surface area contributed by atoms with Crippen LogP contribution in [0.4, 0.5) is 5.82 Å². The third-order valence-corrected chi connectivity index (χ3v) is 3.79. The van der Waals surface area contributed by atoms with Gasteiger partial charge in [0.05, 0.1) is 18.2 Å². The SMILES string of the molecule is CN(CCCC1NNC(N)C1C#N)c1ncccc1C(=O)O. The van der Waals surface area contributed by atoms with Crippen molar-refractivity contribution in [1.29, 1.82) is 5.26 Å². The van der Waals surface area contributed by atoms with Crippen molar-refractivity contribution in [2.45, 2.75) is 25.0 Å². The molecule has 0 saturated carbocycles. The summed E-state index contributed by atoms with van der Waals surface area (Å²) in [6, 6.07) is 5.34. The molecule has 0 bridgehead atoms. The maximum absolute atomic E-state index is 11.2. The summed E-state index contributed by atoms with van der Waals surface area (Å²) in [5.41, 5.74) is 11.8. The van der Waals surface area contributed by atoms with Crippen molar-refractivity contribution in [2.75, 3.05) is 18.5 Å². The van der Waals surface area contributed by atoms with E-state index in [1.165, 1.54) is 6.07 Å². The Balaban J connectivity index is 1.90. The predicted octanol–water partition coefficient (Wildman–Crippen LogP) is -0.103. The highest BCUT2D eigenvalue weighted by atomic mass is 16.4. The van der Waals surface area contributed by atoms with Gasteiger partial charge in [-0.25, -0.2) is 15.2 Å². The molecule has 22 heavy (non-hydrogen) atoms. The lowest BCUT2D eigenvalue weighted by atomic mass is 9.97. The first-order chi connectivity index (χ1) is 10.5. The van der Waals surface area contributed by atoms with Gasteiger partial charge in [0, 0.05) is 25.8 Å². The summed E-state index contributed by atoms with van der Waals surface area (Å²) >= 11 is 0. The lowest BCUT2D eigenvalue weighted by Gasteiger charge is -2.21. The van der Waals surface area contributed by atoms with E-state index in [9.17, 15) is 9.90 Å². The van der Waals surface area contributed by atoms with E-state index >= 15 is 0 Å². The number of anilines is 1. The normalized spacial score (nSPS) is 24.0. The Morgan fingerprint density at radius 3 is 3.05 bits per heavy atom. The van der Waals surface area contributed by atoms with Crippen LogP contribution in [-0.2, 0) is 0 Å². The summed E-state index contributed by atoms with van der Waals surface area (Å²) in [7, 11) is 1.81. The highest BCUT2D eigenvalue weighted by molar-refractivity contribution is 5.93. The number of rotatable bonds is 6. The van der Waals surface area contributed by atoms with E-state index in [4.69, 9.17) is 11.0 Å². The Bertz CT molecular complexity index is 573. The zero-order chi connectivity index (χ0) is 16.1. The number of nitrogens with two attached hydrogens (primary N) is 1. The van der Waals surface area contributed by atoms with Gasteiger partial charge in [0.15, 0.2) is 0 Å². The van der Waals surface area contributed by atoms with Crippen LogP contribution in [0.15, 0.2) is 18.3 Å². The molecule has 1 fully saturated rings. The Kier molecular flexibility index (Phi) is 5.27. The number of aromatic carboxylic acids is 1. The Morgan fingerprint density at radius 1 is 1.59 bits per heavy atom. The number of hydrogen-bond donors (Lipinski definition) is 4. The van der Waals surface area contributed by atoms with Gasteiger partial charge in [-0.3, -0.25) is 5.43 Å². The van der Waals surface area contributed by atoms with E-state index in [0.29, 0.717) is 12.4 Å². The molecule has 0 amide bonds. The van der Waals surface area contributed by atoms with E-state index in [1.807, 2.05) is 11.9 Å². The van der Waals surface area contributed by atoms with Gasteiger partial charge in [-0.05, 0) is 25.0 Å². The second kappa shape index (κ2) is 7.17. The summed E-state index contributed by atoms with van der Waals surface area (Å²) in [4.78, 5) is 17.1. The van der Waals surface area contributed by atoms with E-state index in [2.05, 4.69) is 21.9 Å². The summed E-state index contributed by atoms with van der Waals surface area (Å²) in [6.45, 7) is 0.642. The van der Waals surface area contributed by atoms with Crippen molar-refractivity contribution in [3.05, 3.63) is 23.9 Å². The van der Waals surface area contributed by atoms with Crippen molar-refractivity contribution in [1.82, 2.24) is 15.8 Å². The smallest absolute Gasteiger partial charge is 0.339 e. The number of nitrogens with one attached hydrogen (secondary N) is 2. The third-order valence-electron chi connectivity index (χ3n) is 3.79. The fourth-order valence-corrected chi connectivity index (χ4v) is 2.58. The molecular formula is C14H20N6O2. The van der Waals surface area contributed by atoms with Crippen molar-refractivity contribution in [3.8, 4) is 6.07 Å². The number of hydrogen-bond acceptors (Lipinski definition) is 7. The zero-order valence-corrected chi connectivity index (χ0v) is 12.4. The molecule has 0 spiro atoms. The van der Waals surface area contributed by atoms with Gasteiger partial charge < -0.3 is 15.7 Å². The standard InChI is InChI=1S/C14H20N6O2/c1-20(13-9(14(21)22)4-2-6-17-13)7-3-5-11-10(8-15)12(16)19-18-11/h2,4,6,10-12,18-19H,3,5,7,16H2,1H3,(H,21,22). The minimum Gasteiger partial charge on any atom is -0.478 e. The maximum atomic E-state index is 11.2. The molecule has 5 N–H and O–H groups in total. The van der Waals surface area contributed by atoms with Gasteiger partial charge in [0.25, 0.3) is 0 Å². The molecule has 0 radical (unpaired) electrons. The molecule has 2 heterocycles. The van der Waals surface area contributed by atoms with Crippen molar-refractivity contribution in [2.24, 2.45) is 11.7 Å². The molecular weight excluding hydrogens is 284 g/mol. The van der Waals surface area contributed by atoms with Gasteiger partial charge in [-0.2, -0.15) is 5.26 Å². The van der Waals surface area contributed by atoms with Crippen molar-refractivity contribution >= 4 is 11.8 Å². The van der Waals surface area contributed by atoms with Crippen LogP contribution < -0.4 is 21.5 Å². The van der Waals surface area contributed by atoms with Gasteiger partial charge in [-0.15, -0.1) is 0 Å². The molecule has 1 aliphatic rings. The van der Waals surface area contributed by atoms with Crippen LogP contribution >= 0.6 is 0 Å². The average molecular weight is 304 g/mol. The summed E-state index contributed by atoms with van der Waals surface area (Å²) in [6.07, 6.45) is 2.77. The number of hydrazine groups is 1. The van der Waals surface area contributed by atoms with E-state index in [1.54, 1.807) is 12.3 Å². The van der Waals surface area contributed by atoms with Crippen LogP contribution in [0.1, 0.15) is 23.2 Å². The first kappa shape index (κ1) is 16.2. The predicted molar refractivity (Wildman–Crippen MR) is 80.8 cm³/mol. The zero-order valence-electron chi connectivity index (χ0n) is 12.4. The fourth-order valence-electron chi connectivity index (χ4n) is 2.58. The van der Waals surface area contributed by atoms with E-state index in [-0.39, 0.29) is 23.7 Å². The minimum atomic E-state index is -0.993. The number of nitrogens with zero attached hydrogens (tertiary/aromatic N) is 3. The first-order valence-electron chi connectivity index (χ1n) is 7.10. The fraction of sp³-hybridized carbons (Fsp3) is 0.500. The van der Waals surface area contributed by atoms with Gasteiger partial charge in [0.1, 0.15) is 11.4 Å². The molecule has 118 valence electrons.